The van der Waals surface area contributed by atoms with Crippen LogP contribution in [0.1, 0.15) is 32.3 Å². The second kappa shape index (κ2) is 7.06. The number of nitrogens with zero attached hydrogens (tertiary/aromatic N) is 2. The van der Waals surface area contributed by atoms with Crippen LogP contribution in [-0.4, -0.2) is 7.11 Å². The number of anilines is 1. The third-order valence-electron chi connectivity index (χ3n) is 4.00. The molecule has 0 radical (unpaired) electrons. The summed E-state index contributed by atoms with van der Waals surface area (Å²) in [6.45, 7) is 4.29. The Hall–Kier alpha value is -2.98. The number of allylic oxidation sites excluding steroid dienone is 5. The van der Waals surface area contributed by atoms with Gasteiger partial charge in [-0.3, -0.25) is 0 Å². The van der Waals surface area contributed by atoms with E-state index < -0.39 is 0 Å². The molecule has 0 saturated heterocycles. The lowest BCUT2D eigenvalue weighted by molar-refractivity contribution is 0.354. The summed E-state index contributed by atoms with van der Waals surface area (Å²) in [5, 5.41) is 18.2. The first-order valence-electron chi connectivity index (χ1n) is 7.74. The number of rotatable bonds is 3. The Kier molecular flexibility index (Phi) is 5.11. The first kappa shape index (κ1) is 17.4. The monoisotopic (exact) mass is 319 g/mol. The molecule has 1 aliphatic rings. The Balaban J connectivity index is 2.36. The molecule has 1 aliphatic carbocycles. The van der Waals surface area contributed by atoms with E-state index in [0.29, 0.717) is 11.4 Å². The van der Waals surface area contributed by atoms with Gasteiger partial charge in [-0.2, -0.15) is 10.5 Å². The maximum Gasteiger partial charge on any atom is 0.142 e. The van der Waals surface area contributed by atoms with Crippen LogP contribution >= 0.6 is 0 Å². The number of nitriles is 2. The number of nitrogens with two attached hydrogens (primary N) is 1. The van der Waals surface area contributed by atoms with E-state index >= 15 is 0 Å². The van der Waals surface area contributed by atoms with E-state index in [9.17, 15) is 0 Å². The topological polar surface area (TPSA) is 82.8 Å². The molecule has 4 nitrogen and oxygen atoms in total. The molecule has 0 fully saturated rings. The second-order valence-electron chi connectivity index (χ2n) is 6.70. The average Bonchev–Trinajstić information content (AvgIpc) is 2.54. The summed E-state index contributed by atoms with van der Waals surface area (Å²) >= 11 is 0. The lowest BCUT2D eigenvalue weighted by atomic mass is 9.74. The van der Waals surface area contributed by atoms with Crippen LogP contribution in [0.25, 0.3) is 6.08 Å². The van der Waals surface area contributed by atoms with E-state index in [1.807, 2.05) is 48.6 Å². The number of ether oxygens (including phenoxy) is 1. The summed E-state index contributed by atoms with van der Waals surface area (Å²) in [6.07, 6.45) is 7.60. The molecule has 0 aliphatic heterocycles. The van der Waals surface area contributed by atoms with Crippen molar-refractivity contribution >= 4 is 11.8 Å². The van der Waals surface area contributed by atoms with Crippen LogP contribution in [0, 0.1) is 28.1 Å². The molecule has 0 saturated carbocycles. The smallest absolute Gasteiger partial charge is 0.142 e. The predicted molar refractivity (Wildman–Crippen MR) is 95.8 cm³/mol. The van der Waals surface area contributed by atoms with Crippen molar-refractivity contribution in [3.8, 4) is 17.9 Å². The highest BCUT2D eigenvalue weighted by Gasteiger charge is 2.26. The van der Waals surface area contributed by atoms with Crippen molar-refractivity contribution in [3.05, 3.63) is 52.6 Å². The standard InChI is InChI=1S/C20H21N3O/c1-20(2)10-15(8-16(11-20)17(12-21)13-22)5-4-14-6-7-18(23)19(9-14)24-3/h4-9H,10-11,23H2,1-3H3/b5-4+. The molecule has 122 valence electrons. The zero-order chi connectivity index (χ0) is 17.7. The molecular formula is C20H21N3O. The van der Waals surface area contributed by atoms with Crippen LogP contribution < -0.4 is 10.5 Å². The average molecular weight is 319 g/mol. The molecule has 1 aromatic carbocycles. The zero-order valence-corrected chi connectivity index (χ0v) is 14.3. The largest absolute Gasteiger partial charge is 0.495 e. The van der Waals surface area contributed by atoms with Crippen LogP contribution in [-0.2, 0) is 0 Å². The third kappa shape index (κ3) is 4.06. The number of hydrogen-bond donors (Lipinski definition) is 1. The summed E-state index contributed by atoms with van der Waals surface area (Å²) in [4.78, 5) is 0. The van der Waals surface area contributed by atoms with Crippen molar-refractivity contribution in [3.63, 3.8) is 0 Å². The molecule has 2 rings (SSSR count). The molecule has 24 heavy (non-hydrogen) atoms. The van der Waals surface area contributed by atoms with Gasteiger partial charge in [-0.1, -0.05) is 38.1 Å². The van der Waals surface area contributed by atoms with E-state index in [0.717, 1.165) is 29.6 Å². The van der Waals surface area contributed by atoms with Crippen molar-refractivity contribution in [2.75, 3.05) is 12.8 Å². The van der Waals surface area contributed by atoms with Gasteiger partial charge in [-0.15, -0.1) is 0 Å². The van der Waals surface area contributed by atoms with Crippen LogP contribution in [0.5, 0.6) is 5.75 Å². The minimum atomic E-state index is 0.0154. The fourth-order valence-corrected chi connectivity index (χ4v) is 2.93. The molecule has 1 aromatic rings. The van der Waals surface area contributed by atoms with E-state index in [1.165, 1.54) is 0 Å². The van der Waals surface area contributed by atoms with Crippen LogP contribution in [0.15, 0.2) is 47.1 Å². The van der Waals surface area contributed by atoms with Crippen LogP contribution in [0.4, 0.5) is 5.69 Å². The fraction of sp³-hybridized carbons (Fsp3) is 0.300. The minimum Gasteiger partial charge on any atom is -0.495 e. The summed E-state index contributed by atoms with van der Waals surface area (Å²) in [7, 11) is 1.59. The molecule has 2 N–H and O–H groups in total. The first-order valence-corrected chi connectivity index (χ1v) is 7.74. The molecule has 0 bridgehead atoms. The molecule has 0 amide bonds. The minimum absolute atomic E-state index is 0.0154. The fourth-order valence-electron chi connectivity index (χ4n) is 2.93. The first-order chi connectivity index (χ1) is 11.4. The molecule has 0 atom stereocenters. The van der Waals surface area contributed by atoms with E-state index in [1.54, 1.807) is 7.11 Å². The van der Waals surface area contributed by atoms with E-state index in [4.69, 9.17) is 21.0 Å². The SMILES string of the molecule is COc1cc(/C=C/C2=CC(=C(C#N)C#N)CC(C)(C)C2)ccc1N. The summed E-state index contributed by atoms with van der Waals surface area (Å²) in [5.74, 6) is 0.645. The van der Waals surface area contributed by atoms with Gasteiger partial charge in [-0.25, -0.2) is 0 Å². The maximum atomic E-state index is 9.12. The summed E-state index contributed by atoms with van der Waals surface area (Å²) < 4.78 is 5.24. The Bertz CT molecular complexity index is 798. The van der Waals surface area contributed by atoms with Gasteiger partial charge in [0, 0.05) is 0 Å². The molecule has 4 heteroatoms. The van der Waals surface area contributed by atoms with Crippen LogP contribution in [0.3, 0.4) is 0 Å². The van der Waals surface area contributed by atoms with Crippen LogP contribution in [0.2, 0.25) is 0 Å². The highest BCUT2D eigenvalue weighted by atomic mass is 16.5. The van der Waals surface area contributed by atoms with Gasteiger partial charge in [0.2, 0.25) is 0 Å². The molecular weight excluding hydrogens is 298 g/mol. The van der Waals surface area contributed by atoms with Crippen molar-refractivity contribution in [1.82, 2.24) is 0 Å². The zero-order valence-electron chi connectivity index (χ0n) is 14.3. The maximum absolute atomic E-state index is 9.12. The van der Waals surface area contributed by atoms with Gasteiger partial charge in [0.15, 0.2) is 0 Å². The molecule has 0 heterocycles. The predicted octanol–water partition coefficient (Wildman–Crippen LogP) is 4.38. The highest BCUT2D eigenvalue weighted by molar-refractivity contribution is 5.63. The van der Waals surface area contributed by atoms with Crippen molar-refractivity contribution in [2.24, 2.45) is 5.41 Å². The van der Waals surface area contributed by atoms with Gasteiger partial charge >= 0.3 is 0 Å². The molecule has 0 unspecified atom stereocenters. The number of nitrogen functional groups attached to an aromatic ring is 1. The highest BCUT2D eigenvalue weighted by Crippen LogP contribution is 2.39. The Morgan fingerprint density at radius 3 is 2.54 bits per heavy atom. The lowest BCUT2D eigenvalue weighted by Gasteiger charge is -2.30. The van der Waals surface area contributed by atoms with Gasteiger partial charge in [-0.05, 0) is 47.1 Å². The second-order valence-corrected chi connectivity index (χ2v) is 6.70. The normalized spacial score (nSPS) is 16.2. The molecule has 0 aromatic heterocycles. The van der Waals surface area contributed by atoms with Gasteiger partial charge < -0.3 is 10.5 Å². The summed E-state index contributed by atoms with van der Waals surface area (Å²) in [5.41, 5.74) is 9.53. The number of hydrogen-bond acceptors (Lipinski definition) is 4. The van der Waals surface area contributed by atoms with Crippen molar-refractivity contribution in [1.29, 1.82) is 10.5 Å². The van der Waals surface area contributed by atoms with Gasteiger partial charge in [0.25, 0.3) is 0 Å². The van der Waals surface area contributed by atoms with Crippen molar-refractivity contribution < 1.29 is 4.74 Å². The Morgan fingerprint density at radius 2 is 1.92 bits per heavy atom. The number of benzene rings is 1. The van der Waals surface area contributed by atoms with E-state index in [-0.39, 0.29) is 11.0 Å². The third-order valence-corrected chi connectivity index (χ3v) is 4.00. The van der Waals surface area contributed by atoms with Gasteiger partial charge in [0.1, 0.15) is 23.5 Å². The van der Waals surface area contributed by atoms with Gasteiger partial charge in [0.05, 0.1) is 12.8 Å². The lowest BCUT2D eigenvalue weighted by Crippen LogP contribution is -2.17. The summed E-state index contributed by atoms with van der Waals surface area (Å²) in [6, 6.07) is 9.61. The number of methoxy groups -OCH3 is 1. The molecule has 0 spiro atoms. The van der Waals surface area contributed by atoms with Crippen molar-refractivity contribution in [2.45, 2.75) is 26.7 Å². The quantitative estimate of drug-likeness (QED) is 0.662. The van der Waals surface area contributed by atoms with E-state index in [2.05, 4.69) is 13.8 Å². The Morgan fingerprint density at radius 1 is 1.21 bits per heavy atom. The Labute approximate surface area is 143 Å².